The lowest BCUT2D eigenvalue weighted by Crippen LogP contribution is -2.45. The minimum Gasteiger partial charge on any atom is -0.480 e. The molecule has 0 saturated heterocycles. The van der Waals surface area contributed by atoms with Crippen molar-refractivity contribution in [2.45, 2.75) is 39.8 Å². The number of carboxylic acids is 1. The fourth-order valence-electron chi connectivity index (χ4n) is 1.76. The molecule has 2 N–H and O–H groups in total. The van der Waals surface area contributed by atoms with Crippen LogP contribution in [0.1, 0.15) is 37.7 Å². The summed E-state index contributed by atoms with van der Waals surface area (Å²) >= 11 is 0. The summed E-state index contributed by atoms with van der Waals surface area (Å²) < 4.78 is 1.26. The van der Waals surface area contributed by atoms with E-state index in [0.717, 1.165) is 6.20 Å². The topological polar surface area (TPSA) is 127 Å². The van der Waals surface area contributed by atoms with E-state index in [1.807, 2.05) is 0 Å². The summed E-state index contributed by atoms with van der Waals surface area (Å²) in [5.74, 6) is -2.35. The average Bonchev–Trinajstić information content (AvgIpc) is 2.87. The molecular weight excluding hydrogens is 280 g/mol. The Labute approximate surface area is 121 Å². The zero-order chi connectivity index (χ0) is 16.2. The van der Waals surface area contributed by atoms with E-state index in [4.69, 9.17) is 5.11 Å². The number of hydrogen-bond donors (Lipinski definition) is 2. The lowest BCUT2D eigenvalue weighted by molar-refractivity contribution is -0.385. The van der Waals surface area contributed by atoms with Crippen LogP contribution in [0.25, 0.3) is 0 Å². The third kappa shape index (κ3) is 3.77. The highest BCUT2D eigenvalue weighted by Gasteiger charge is 2.31. The minimum atomic E-state index is -1.18. The van der Waals surface area contributed by atoms with Gasteiger partial charge >= 0.3 is 11.7 Å². The number of carbonyl (C=O) groups excluding carboxylic acids is 1. The lowest BCUT2D eigenvalue weighted by Gasteiger charge is -2.19. The van der Waals surface area contributed by atoms with Crippen LogP contribution in [0.5, 0.6) is 0 Å². The molecule has 0 aliphatic carbocycles. The van der Waals surface area contributed by atoms with E-state index in [-0.39, 0.29) is 11.6 Å². The van der Waals surface area contributed by atoms with Crippen molar-refractivity contribution in [3.63, 3.8) is 0 Å². The van der Waals surface area contributed by atoms with E-state index in [1.165, 1.54) is 4.68 Å². The minimum absolute atomic E-state index is 0.307. The van der Waals surface area contributed by atoms with Gasteiger partial charge in [0.15, 0.2) is 0 Å². The summed E-state index contributed by atoms with van der Waals surface area (Å²) in [4.78, 5) is 33.5. The molecule has 0 aromatic carbocycles. The van der Waals surface area contributed by atoms with Crippen molar-refractivity contribution < 1.29 is 19.6 Å². The van der Waals surface area contributed by atoms with Crippen LogP contribution in [0, 0.1) is 16.0 Å². The zero-order valence-electron chi connectivity index (χ0n) is 12.1. The summed E-state index contributed by atoms with van der Waals surface area (Å²) in [5, 5.41) is 26.2. The molecule has 2 atom stereocenters. The van der Waals surface area contributed by atoms with Crippen LogP contribution in [0.3, 0.4) is 0 Å². The highest BCUT2D eigenvalue weighted by Crippen LogP contribution is 2.17. The van der Waals surface area contributed by atoms with Crippen LogP contribution in [0.15, 0.2) is 6.20 Å². The monoisotopic (exact) mass is 298 g/mol. The van der Waals surface area contributed by atoms with Crippen LogP contribution in [0.2, 0.25) is 0 Å². The largest absolute Gasteiger partial charge is 0.480 e. The Morgan fingerprint density at radius 3 is 2.57 bits per heavy atom. The third-order valence-corrected chi connectivity index (χ3v) is 3.24. The molecule has 21 heavy (non-hydrogen) atoms. The number of rotatable bonds is 7. The predicted octanol–water partition coefficient (Wildman–Crippen LogP) is 1.04. The molecule has 0 radical (unpaired) electrons. The molecule has 1 amide bonds. The summed E-state index contributed by atoms with van der Waals surface area (Å²) in [6.45, 7) is 5.55. The fourth-order valence-corrected chi connectivity index (χ4v) is 1.76. The Morgan fingerprint density at radius 1 is 1.52 bits per heavy atom. The normalized spacial score (nSPS) is 13.5. The van der Waals surface area contributed by atoms with Crippen molar-refractivity contribution in [2.24, 2.45) is 5.92 Å². The highest BCUT2D eigenvalue weighted by atomic mass is 16.6. The quantitative estimate of drug-likeness (QED) is 0.572. The van der Waals surface area contributed by atoms with Crippen LogP contribution < -0.4 is 5.32 Å². The van der Waals surface area contributed by atoms with Crippen molar-refractivity contribution >= 4 is 17.6 Å². The predicted molar refractivity (Wildman–Crippen MR) is 72.9 cm³/mol. The van der Waals surface area contributed by atoms with Crippen molar-refractivity contribution in [3.05, 3.63) is 22.0 Å². The van der Waals surface area contributed by atoms with Crippen molar-refractivity contribution in [1.82, 2.24) is 15.1 Å². The third-order valence-electron chi connectivity index (χ3n) is 3.24. The number of nitrogens with one attached hydrogen (secondary N) is 1. The van der Waals surface area contributed by atoms with Crippen LogP contribution in [-0.4, -0.2) is 37.7 Å². The van der Waals surface area contributed by atoms with E-state index in [2.05, 4.69) is 10.4 Å². The molecule has 0 fully saturated rings. The van der Waals surface area contributed by atoms with Gasteiger partial charge in [0.1, 0.15) is 12.2 Å². The molecule has 0 spiro atoms. The molecule has 0 aliphatic rings. The maximum atomic E-state index is 12.1. The summed E-state index contributed by atoms with van der Waals surface area (Å²) in [6, 6.07) is -1.12. The lowest BCUT2D eigenvalue weighted by atomic mass is 9.99. The molecule has 0 saturated carbocycles. The van der Waals surface area contributed by atoms with E-state index in [0.29, 0.717) is 13.0 Å². The molecule has 0 aliphatic heterocycles. The molecule has 9 heteroatoms. The average molecular weight is 298 g/mol. The number of amides is 1. The summed E-state index contributed by atoms with van der Waals surface area (Å²) in [6.07, 6.45) is 1.69. The molecule has 9 nitrogen and oxygen atoms in total. The Morgan fingerprint density at radius 2 is 2.14 bits per heavy atom. The van der Waals surface area contributed by atoms with E-state index in [1.54, 1.807) is 20.8 Å². The number of aryl methyl sites for hydroxylation is 1. The van der Waals surface area contributed by atoms with Crippen molar-refractivity contribution in [2.75, 3.05) is 0 Å². The van der Waals surface area contributed by atoms with E-state index in [9.17, 15) is 19.7 Å². The molecule has 0 unspecified atom stereocenters. The maximum absolute atomic E-state index is 12.1. The summed E-state index contributed by atoms with van der Waals surface area (Å²) in [5.41, 5.74) is -0.820. The number of carbonyl (C=O) groups is 2. The molecule has 1 aromatic rings. The van der Waals surface area contributed by atoms with Gasteiger partial charge in [-0.15, -0.1) is 0 Å². The summed E-state index contributed by atoms with van der Waals surface area (Å²) in [7, 11) is 0. The smallest absolute Gasteiger partial charge is 0.326 e. The Kier molecular flexibility index (Phi) is 5.39. The first-order chi connectivity index (χ1) is 9.81. The van der Waals surface area contributed by atoms with Gasteiger partial charge in [0.2, 0.25) is 5.69 Å². The van der Waals surface area contributed by atoms with Gasteiger partial charge in [0, 0.05) is 6.54 Å². The van der Waals surface area contributed by atoms with Crippen LogP contribution in [-0.2, 0) is 11.3 Å². The first kappa shape index (κ1) is 16.6. The molecular formula is C12H18N4O5. The molecule has 116 valence electrons. The number of hydrogen-bond acceptors (Lipinski definition) is 5. The Balaban J connectivity index is 3.05. The van der Waals surface area contributed by atoms with Crippen molar-refractivity contribution in [3.8, 4) is 0 Å². The maximum Gasteiger partial charge on any atom is 0.326 e. The Bertz CT molecular complexity index is 554. The fraction of sp³-hybridized carbons (Fsp3) is 0.583. The SMILES string of the molecule is CC[C@H](C)[C@H](NC(=O)c1nn(CC)cc1[N+](=O)[O-])C(=O)O. The second kappa shape index (κ2) is 6.82. The van der Waals surface area contributed by atoms with Gasteiger partial charge in [-0.25, -0.2) is 4.79 Å². The van der Waals surface area contributed by atoms with Crippen LogP contribution >= 0.6 is 0 Å². The Hall–Kier alpha value is -2.45. The van der Waals surface area contributed by atoms with Gasteiger partial charge in [0.05, 0.1) is 4.92 Å². The number of nitrogens with zero attached hydrogens (tertiary/aromatic N) is 3. The van der Waals surface area contributed by atoms with Gasteiger partial charge < -0.3 is 10.4 Å². The highest BCUT2D eigenvalue weighted by molar-refractivity contribution is 5.98. The van der Waals surface area contributed by atoms with Crippen LogP contribution in [0.4, 0.5) is 5.69 Å². The van der Waals surface area contributed by atoms with Gasteiger partial charge in [-0.1, -0.05) is 20.3 Å². The van der Waals surface area contributed by atoms with Gasteiger partial charge in [-0.05, 0) is 12.8 Å². The van der Waals surface area contributed by atoms with Gasteiger partial charge in [-0.2, -0.15) is 5.10 Å². The van der Waals surface area contributed by atoms with E-state index < -0.39 is 28.5 Å². The second-order valence-electron chi connectivity index (χ2n) is 4.65. The molecule has 0 bridgehead atoms. The standard InChI is InChI=1S/C12H18N4O5/c1-4-7(3)9(12(18)19)13-11(17)10-8(16(20)21)6-15(5-2)14-10/h6-7,9H,4-5H2,1-3H3,(H,13,17)(H,18,19)/t7-,9-/m0/s1. The molecule has 1 rings (SSSR count). The zero-order valence-corrected chi connectivity index (χ0v) is 12.1. The molecule has 1 aromatic heterocycles. The van der Waals surface area contributed by atoms with Gasteiger partial charge in [-0.3, -0.25) is 19.6 Å². The number of aromatic nitrogens is 2. The van der Waals surface area contributed by atoms with Crippen molar-refractivity contribution in [1.29, 1.82) is 0 Å². The number of carboxylic acid groups (broad SMARTS) is 1. The second-order valence-corrected chi connectivity index (χ2v) is 4.65. The first-order valence-electron chi connectivity index (χ1n) is 6.57. The first-order valence-corrected chi connectivity index (χ1v) is 6.57. The number of nitro groups is 1. The number of aliphatic carboxylic acids is 1. The molecule has 1 heterocycles. The van der Waals surface area contributed by atoms with Gasteiger partial charge in [0.25, 0.3) is 5.91 Å². The van der Waals surface area contributed by atoms with E-state index >= 15 is 0 Å².